The highest BCUT2D eigenvalue weighted by Gasteiger charge is 2.10. The van der Waals surface area contributed by atoms with E-state index in [2.05, 4.69) is 26.5 Å². The van der Waals surface area contributed by atoms with Crippen LogP contribution in [0.1, 0.15) is 12.5 Å². The number of hydrogen-bond donors (Lipinski definition) is 2. The van der Waals surface area contributed by atoms with Crippen LogP contribution < -0.4 is 10.6 Å². The summed E-state index contributed by atoms with van der Waals surface area (Å²) in [5.41, 5.74) is 2.82. The summed E-state index contributed by atoms with van der Waals surface area (Å²) >= 11 is 0. The topological polar surface area (TPSA) is 99.9 Å². The number of esters is 1. The summed E-state index contributed by atoms with van der Waals surface area (Å²) in [5.74, 6) is 2.52. The minimum atomic E-state index is -0.678. The second-order valence-corrected chi connectivity index (χ2v) is 5.84. The smallest absolute Gasteiger partial charge is 0.350 e. The molecule has 1 heterocycles. The van der Waals surface area contributed by atoms with Crippen LogP contribution in [0.15, 0.2) is 60.6 Å². The van der Waals surface area contributed by atoms with Crippen LogP contribution >= 0.6 is 0 Å². The fourth-order valence-electron chi connectivity index (χ4n) is 2.57. The highest BCUT2D eigenvalue weighted by molar-refractivity contribution is 5.94. The quantitative estimate of drug-likeness (QED) is 0.289. The van der Waals surface area contributed by atoms with Crippen LogP contribution in [0.5, 0.6) is 0 Å². The number of ether oxygens (including phenoxy) is 1. The Balaban J connectivity index is 1.91. The van der Waals surface area contributed by atoms with Crippen molar-refractivity contribution in [2.45, 2.75) is 6.92 Å². The molecule has 142 valence electrons. The van der Waals surface area contributed by atoms with Gasteiger partial charge in [0.15, 0.2) is 5.57 Å². The third-order valence-electron chi connectivity index (χ3n) is 3.93. The Labute approximate surface area is 168 Å². The molecule has 29 heavy (non-hydrogen) atoms. The molecule has 0 saturated carbocycles. The van der Waals surface area contributed by atoms with Crippen molar-refractivity contribution in [3.8, 4) is 18.4 Å². The maximum atomic E-state index is 11.7. The van der Waals surface area contributed by atoms with Gasteiger partial charge in [-0.1, -0.05) is 12.0 Å². The Kier molecular flexibility index (Phi) is 6.04. The van der Waals surface area contributed by atoms with E-state index in [0.717, 1.165) is 22.2 Å². The standard InChI is InChI=1S/C22H17N5O2/c1-3-15-6-5-7-18(10-15)27-21-19-11-17(8-9-20(19)25-14-26-21)24-13-16(12-23)22(28)29-4-2/h1,5-11,13-14,24H,4H2,2H3,(H,25,26,27)/b16-13+. The number of fused-ring (bicyclic) bond motifs is 1. The van der Waals surface area contributed by atoms with Gasteiger partial charge >= 0.3 is 5.97 Å². The second-order valence-electron chi connectivity index (χ2n) is 5.84. The lowest BCUT2D eigenvalue weighted by atomic mass is 10.2. The summed E-state index contributed by atoms with van der Waals surface area (Å²) in [6.07, 6.45) is 8.24. The average molecular weight is 383 g/mol. The van der Waals surface area contributed by atoms with Gasteiger partial charge in [-0.2, -0.15) is 5.26 Å². The van der Waals surface area contributed by atoms with Crippen LogP contribution in [0.25, 0.3) is 10.9 Å². The average Bonchev–Trinajstić information content (AvgIpc) is 2.75. The van der Waals surface area contributed by atoms with Crippen LogP contribution in [0.3, 0.4) is 0 Å². The van der Waals surface area contributed by atoms with Gasteiger partial charge in [-0.05, 0) is 43.3 Å². The highest BCUT2D eigenvalue weighted by Crippen LogP contribution is 2.26. The molecular weight excluding hydrogens is 366 g/mol. The first-order valence-corrected chi connectivity index (χ1v) is 8.77. The first-order chi connectivity index (χ1) is 14.1. The summed E-state index contributed by atoms with van der Waals surface area (Å²) in [5, 5.41) is 16.1. The number of carbonyl (C=O) groups is 1. The number of hydrogen-bond acceptors (Lipinski definition) is 7. The summed E-state index contributed by atoms with van der Waals surface area (Å²) in [6.45, 7) is 1.87. The van der Waals surface area contributed by atoms with Crippen molar-refractivity contribution in [3.63, 3.8) is 0 Å². The van der Waals surface area contributed by atoms with Crippen LogP contribution in [0.2, 0.25) is 0 Å². The van der Waals surface area contributed by atoms with E-state index in [1.54, 1.807) is 13.0 Å². The zero-order valence-electron chi connectivity index (χ0n) is 15.6. The number of terminal acetylenes is 1. The minimum absolute atomic E-state index is 0.124. The van der Waals surface area contributed by atoms with Gasteiger partial charge in [0.25, 0.3) is 0 Å². The second kappa shape index (κ2) is 9.03. The Morgan fingerprint density at radius 1 is 1.24 bits per heavy atom. The van der Waals surface area contributed by atoms with Crippen LogP contribution in [0.4, 0.5) is 17.2 Å². The third-order valence-corrected chi connectivity index (χ3v) is 3.93. The van der Waals surface area contributed by atoms with E-state index in [0.29, 0.717) is 11.5 Å². The van der Waals surface area contributed by atoms with Crippen molar-refractivity contribution >= 4 is 34.1 Å². The maximum absolute atomic E-state index is 11.7. The lowest BCUT2D eigenvalue weighted by Crippen LogP contribution is -2.07. The van der Waals surface area contributed by atoms with Crippen molar-refractivity contribution in [1.29, 1.82) is 5.26 Å². The normalized spacial score (nSPS) is 10.7. The van der Waals surface area contributed by atoms with Crippen molar-refractivity contribution in [2.24, 2.45) is 0 Å². The molecule has 0 aliphatic carbocycles. The van der Waals surface area contributed by atoms with E-state index in [9.17, 15) is 4.79 Å². The molecule has 0 spiro atoms. The zero-order valence-corrected chi connectivity index (χ0v) is 15.6. The molecule has 7 heteroatoms. The van der Waals surface area contributed by atoms with Gasteiger partial charge < -0.3 is 15.4 Å². The van der Waals surface area contributed by atoms with E-state index in [1.807, 2.05) is 42.5 Å². The third kappa shape index (κ3) is 4.68. The van der Waals surface area contributed by atoms with Crippen LogP contribution in [-0.2, 0) is 9.53 Å². The lowest BCUT2D eigenvalue weighted by molar-refractivity contribution is -0.138. The molecule has 2 N–H and O–H groups in total. The zero-order chi connectivity index (χ0) is 20.6. The molecule has 0 bridgehead atoms. The monoisotopic (exact) mass is 383 g/mol. The number of carbonyl (C=O) groups excluding carboxylic acids is 1. The number of nitrogens with one attached hydrogen (secondary N) is 2. The number of aromatic nitrogens is 2. The summed E-state index contributed by atoms with van der Waals surface area (Å²) < 4.78 is 4.84. The molecular formula is C22H17N5O2. The number of rotatable bonds is 6. The Morgan fingerprint density at radius 3 is 2.86 bits per heavy atom. The maximum Gasteiger partial charge on any atom is 0.350 e. The van der Waals surface area contributed by atoms with E-state index >= 15 is 0 Å². The predicted molar refractivity (Wildman–Crippen MR) is 111 cm³/mol. The summed E-state index contributed by atoms with van der Waals surface area (Å²) in [4.78, 5) is 20.3. The first kappa shape index (κ1) is 19.4. The van der Waals surface area contributed by atoms with Crippen molar-refractivity contribution in [2.75, 3.05) is 17.2 Å². The lowest BCUT2D eigenvalue weighted by Gasteiger charge is -2.10. The molecule has 0 aliphatic rings. The number of anilines is 3. The molecule has 0 aliphatic heterocycles. The SMILES string of the molecule is C#Cc1cccc(Nc2ncnc3ccc(N/C=C(\C#N)C(=O)OCC)cc23)c1. The molecule has 1 aromatic heterocycles. The largest absolute Gasteiger partial charge is 0.462 e. The summed E-state index contributed by atoms with van der Waals surface area (Å²) in [7, 11) is 0. The van der Waals surface area contributed by atoms with E-state index < -0.39 is 5.97 Å². The fraction of sp³-hybridized carbons (Fsp3) is 0.0909. The fourth-order valence-corrected chi connectivity index (χ4v) is 2.57. The molecule has 0 saturated heterocycles. The first-order valence-electron chi connectivity index (χ1n) is 8.77. The van der Waals surface area contributed by atoms with Gasteiger partial charge in [0.05, 0.1) is 12.1 Å². The molecule has 0 fully saturated rings. The number of benzene rings is 2. The van der Waals surface area contributed by atoms with Crippen LogP contribution in [-0.4, -0.2) is 22.5 Å². The van der Waals surface area contributed by atoms with E-state index in [1.165, 1.54) is 12.5 Å². The molecule has 0 atom stereocenters. The molecule has 3 rings (SSSR count). The van der Waals surface area contributed by atoms with Crippen LogP contribution in [0, 0.1) is 23.7 Å². The number of nitriles is 1. The van der Waals surface area contributed by atoms with E-state index in [4.69, 9.17) is 16.4 Å². The molecule has 3 aromatic rings. The Bertz CT molecular complexity index is 1170. The van der Waals surface area contributed by atoms with Crippen molar-refractivity contribution < 1.29 is 9.53 Å². The summed E-state index contributed by atoms with van der Waals surface area (Å²) in [6, 6.07) is 14.7. The predicted octanol–water partition coefficient (Wildman–Crippen LogP) is 3.74. The number of nitrogens with zero attached hydrogens (tertiary/aromatic N) is 3. The van der Waals surface area contributed by atoms with Gasteiger partial charge in [0.1, 0.15) is 18.2 Å². The Morgan fingerprint density at radius 2 is 2.10 bits per heavy atom. The molecule has 2 aromatic carbocycles. The molecule has 0 radical (unpaired) electrons. The van der Waals surface area contributed by atoms with Gasteiger partial charge in [-0.25, -0.2) is 14.8 Å². The Hall–Kier alpha value is -4.36. The molecule has 0 amide bonds. The van der Waals surface area contributed by atoms with Crippen molar-refractivity contribution in [1.82, 2.24) is 9.97 Å². The van der Waals surface area contributed by atoms with Crippen molar-refractivity contribution in [3.05, 3.63) is 66.1 Å². The van der Waals surface area contributed by atoms with Gasteiger partial charge in [-0.3, -0.25) is 0 Å². The molecule has 0 unspecified atom stereocenters. The van der Waals surface area contributed by atoms with Gasteiger partial charge in [0, 0.05) is 28.5 Å². The van der Waals surface area contributed by atoms with Gasteiger partial charge in [0.2, 0.25) is 0 Å². The highest BCUT2D eigenvalue weighted by atomic mass is 16.5. The van der Waals surface area contributed by atoms with E-state index in [-0.39, 0.29) is 12.2 Å². The molecule has 7 nitrogen and oxygen atoms in total. The minimum Gasteiger partial charge on any atom is -0.462 e. The van der Waals surface area contributed by atoms with Gasteiger partial charge in [-0.15, -0.1) is 6.42 Å².